The van der Waals surface area contributed by atoms with E-state index < -0.39 is 0 Å². The largest absolute Gasteiger partial charge is 0.347 e. The van der Waals surface area contributed by atoms with E-state index in [1.807, 2.05) is 50.2 Å². The van der Waals surface area contributed by atoms with Crippen LogP contribution in [0.3, 0.4) is 0 Å². The minimum atomic E-state index is -0.253. The van der Waals surface area contributed by atoms with Crippen molar-refractivity contribution in [3.63, 3.8) is 0 Å². The van der Waals surface area contributed by atoms with Gasteiger partial charge in [-0.05, 0) is 68.2 Å². The van der Waals surface area contributed by atoms with E-state index >= 15 is 0 Å². The number of H-pyrrole nitrogens is 1. The second kappa shape index (κ2) is 10.9. The zero-order chi connectivity index (χ0) is 23.1. The number of hydrogen-bond acceptors (Lipinski definition) is 4. The summed E-state index contributed by atoms with van der Waals surface area (Å²) in [5.41, 5.74) is 3.50. The lowest BCUT2D eigenvalue weighted by atomic mass is 10.1. The van der Waals surface area contributed by atoms with Crippen LogP contribution in [-0.2, 0) is 16.1 Å². The lowest BCUT2D eigenvalue weighted by Crippen LogP contribution is -2.32. The number of fused-ring (bicyclic) bond motifs is 1. The Kier molecular flexibility index (Phi) is 7.94. The molecule has 32 heavy (non-hydrogen) atoms. The van der Waals surface area contributed by atoms with Crippen molar-refractivity contribution < 1.29 is 9.59 Å². The molecule has 0 saturated heterocycles. The van der Waals surface area contributed by atoms with E-state index in [2.05, 4.69) is 15.6 Å². The van der Waals surface area contributed by atoms with Crippen LogP contribution in [0, 0.1) is 18.6 Å². The standard InChI is InChI=1S/C24H28N4O3S/c1-16-9-8-12-19(17(16)2)26-22(30)15-25-21(29)13-4-3-7-14-28-23(31)18-10-5-6-11-20(18)27-24(28)32/h5-6,8-12H,3-4,7,13-15H2,1-2H3,(H,25,29)(H,26,30)(H,27,32). The number of nitrogens with one attached hydrogen (secondary N) is 3. The summed E-state index contributed by atoms with van der Waals surface area (Å²) in [6.45, 7) is 4.37. The molecule has 3 aromatic rings. The highest BCUT2D eigenvalue weighted by molar-refractivity contribution is 7.71. The number of anilines is 1. The number of benzene rings is 2. The number of aromatic amines is 1. The van der Waals surface area contributed by atoms with Gasteiger partial charge in [-0.1, -0.05) is 30.7 Å². The molecule has 3 N–H and O–H groups in total. The molecule has 0 radical (unpaired) electrons. The molecule has 0 aliphatic rings. The van der Waals surface area contributed by atoms with Crippen molar-refractivity contribution in [1.29, 1.82) is 0 Å². The summed E-state index contributed by atoms with van der Waals surface area (Å²) in [6, 6.07) is 13.0. The smallest absolute Gasteiger partial charge is 0.262 e. The van der Waals surface area contributed by atoms with Gasteiger partial charge in [0, 0.05) is 18.7 Å². The Morgan fingerprint density at radius 3 is 2.59 bits per heavy atom. The molecule has 1 aromatic heterocycles. The van der Waals surface area contributed by atoms with Crippen LogP contribution in [0.5, 0.6) is 0 Å². The van der Waals surface area contributed by atoms with E-state index in [0.29, 0.717) is 29.5 Å². The lowest BCUT2D eigenvalue weighted by molar-refractivity contribution is -0.124. The first-order valence-electron chi connectivity index (χ1n) is 10.7. The maximum atomic E-state index is 12.6. The maximum Gasteiger partial charge on any atom is 0.262 e. The molecule has 7 nitrogen and oxygen atoms in total. The Hall–Kier alpha value is -3.26. The Bertz CT molecular complexity index is 1250. The van der Waals surface area contributed by atoms with E-state index in [1.165, 1.54) is 0 Å². The molecule has 0 spiro atoms. The summed E-state index contributed by atoms with van der Waals surface area (Å²) in [7, 11) is 0. The van der Waals surface area contributed by atoms with E-state index in [0.717, 1.165) is 35.2 Å². The summed E-state index contributed by atoms with van der Waals surface area (Å²) in [6.07, 6.45) is 2.51. The number of aromatic nitrogens is 2. The summed E-state index contributed by atoms with van der Waals surface area (Å²) in [5, 5.41) is 6.09. The predicted octanol–water partition coefficient (Wildman–Crippen LogP) is 3.99. The quantitative estimate of drug-likeness (QED) is 0.338. The number of amides is 2. The molecule has 0 aliphatic heterocycles. The number of unbranched alkanes of at least 4 members (excludes halogenated alkanes) is 2. The molecular weight excluding hydrogens is 424 g/mol. The minimum absolute atomic E-state index is 0.0617. The van der Waals surface area contributed by atoms with Gasteiger partial charge in [-0.25, -0.2) is 0 Å². The molecule has 8 heteroatoms. The topological polar surface area (TPSA) is 96.0 Å². The summed E-state index contributed by atoms with van der Waals surface area (Å²) in [5.74, 6) is -0.418. The molecule has 0 atom stereocenters. The van der Waals surface area contributed by atoms with Crippen LogP contribution in [0.4, 0.5) is 5.69 Å². The highest BCUT2D eigenvalue weighted by Gasteiger charge is 2.09. The molecule has 0 fully saturated rings. The summed E-state index contributed by atoms with van der Waals surface area (Å²) < 4.78 is 1.97. The molecule has 168 valence electrons. The monoisotopic (exact) mass is 452 g/mol. The Morgan fingerprint density at radius 2 is 1.78 bits per heavy atom. The molecule has 0 saturated carbocycles. The first-order chi connectivity index (χ1) is 15.4. The number of nitrogens with zero attached hydrogens (tertiary/aromatic N) is 1. The van der Waals surface area contributed by atoms with Crippen LogP contribution in [0.1, 0.15) is 36.8 Å². The van der Waals surface area contributed by atoms with Gasteiger partial charge in [0.25, 0.3) is 5.56 Å². The normalized spacial score (nSPS) is 10.8. The number of rotatable bonds is 9. The molecular formula is C24H28N4O3S. The van der Waals surface area contributed by atoms with Crippen LogP contribution in [0.2, 0.25) is 0 Å². The molecule has 0 aliphatic carbocycles. The van der Waals surface area contributed by atoms with Gasteiger partial charge in [0.2, 0.25) is 11.8 Å². The van der Waals surface area contributed by atoms with E-state index in [4.69, 9.17) is 12.2 Å². The number of carbonyl (C=O) groups excluding carboxylic acids is 2. The van der Waals surface area contributed by atoms with Gasteiger partial charge in [0.1, 0.15) is 0 Å². The van der Waals surface area contributed by atoms with E-state index in [1.54, 1.807) is 10.6 Å². The fraction of sp³-hybridized carbons (Fsp3) is 0.333. The second-order valence-electron chi connectivity index (χ2n) is 7.82. The third-order valence-corrected chi connectivity index (χ3v) is 5.82. The SMILES string of the molecule is Cc1cccc(NC(=O)CNC(=O)CCCCCn2c(=S)[nH]c3ccccc3c2=O)c1C. The molecule has 1 heterocycles. The Labute approximate surface area is 191 Å². The Balaban J connectivity index is 1.39. The van der Waals surface area contributed by atoms with Gasteiger partial charge < -0.3 is 15.6 Å². The zero-order valence-corrected chi connectivity index (χ0v) is 19.2. The van der Waals surface area contributed by atoms with Crippen molar-refractivity contribution in [2.45, 2.75) is 46.1 Å². The van der Waals surface area contributed by atoms with Crippen molar-refractivity contribution in [2.24, 2.45) is 0 Å². The Morgan fingerprint density at radius 1 is 1.00 bits per heavy atom. The molecule has 0 bridgehead atoms. The molecule has 2 aromatic carbocycles. The van der Waals surface area contributed by atoms with Crippen molar-refractivity contribution in [1.82, 2.24) is 14.9 Å². The third-order valence-electron chi connectivity index (χ3n) is 5.50. The predicted molar refractivity (Wildman–Crippen MR) is 129 cm³/mol. The maximum absolute atomic E-state index is 12.6. The first kappa shape index (κ1) is 23.4. The third kappa shape index (κ3) is 5.91. The molecule has 3 rings (SSSR count). The molecule has 0 unspecified atom stereocenters. The van der Waals surface area contributed by atoms with E-state index in [-0.39, 0.29) is 23.9 Å². The fourth-order valence-corrected chi connectivity index (χ4v) is 3.77. The highest BCUT2D eigenvalue weighted by Crippen LogP contribution is 2.17. The zero-order valence-electron chi connectivity index (χ0n) is 18.4. The average molecular weight is 453 g/mol. The van der Waals surface area contributed by atoms with Crippen LogP contribution in [-0.4, -0.2) is 27.9 Å². The second-order valence-corrected chi connectivity index (χ2v) is 8.20. The van der Waals surface area contributed by atoms with Crippen LogP contribution < -0.4 is 16.2 Å². The molecule has 2 amide bonds. The van der Waals surface area contributed by atoms with Gasteiger partial charge in [0.15, 0.2) is 4.77 Å². The summed E-state index contributed by atoms with van der Waals surface area (Å²) >= 11 is 5.31. The van der Waals surface area contributed by atoms with Gasteiger partial charge in [0.05, 0.1) is 17.4 Å². The minimum Gasteiger partial charge on any atom is -0.347 e. The van der Waals surface area contributed by atoms with Crippen molar-refractivity contribution in [2.75, 3.05) is 11.9 Å². The first-order valence-corrected chi connectivity index (χ1v) is 11.1. The van der Waals surface area contributed by atoms with Crippen molar-refractivity contribution >= 4 is 40.6 Å². The summed E-state index contributed by atoms with van der Waals surface area (Å²) in [4.78, 5) is 39.8. The van der Waals surface area contributed by atoms with Gasteiger partial charge >= 0.3 is 0 Å². The van der Waals surface area contributed by atoms with Crippen molar-refractivity contribution in [3.05, 3.63) is 68.7 Å². The van der Waals surface area contributed by atoms with Crippen LogP contribution in [0.25, 0.3) is 10.9 Å². The number of carbonyl (C=O) groups is 2. The van der Waals surface area contributed by atoms with E-state index in [9.17, 15) is 14.4 Å². The van der Waals surface area contributed by atoms with Gasteiger partial charge in [-0.3, -0.25) is 19.0 Å². The number of para-hydroxylation sites is 1. The highest BCUT2D eigenvalue weighted by atomic mass is 32.1. The number of aryl methyl sites for hydroxylation is 1. The average Bonchev–Trinajstić information content (AvgIpc) is 2.77. The number of hydrogen-bond donors (Lipinski definition) is 3. The lowest BCUT2D eigenvalue weighted by Gasteiger charge is -2.11. The van der Waals surface area contributed by atoms with Crippen molar-refractivity contribution in [3.8, 4) is 0 Å². The van der Waals surface area contributed by atoms with Crippen LogP contribution >= 0.6 is 12.2 Å². The van der Waals surface area contributed by atoms with Gasteiger partial charge in [-0.15, -0.1) is 0 Å². The van der Waals surface area contributed by atoms with Gasteiger partial charge in [-0.2, -0.15) is 0 Å². The fourth-order valence-electron chi connectivity index (χ4n) is 3.48. The van der Waals surface area contributed by atoms with Crippen LogP contribution in [0.15, 0.2) is 47.3 Å².